The second-order valence-corrected chi connectivity index (χ2v) is 4.53. The molecule has 0 aromatic heterocycles. The average molecular weight is 185 g/mol. The summed E-state index contributed by atoms with van der Waals surface area (Å²) in [6, 6.07) is 0.347. The number of ether oxygens (including phenoxy) is 1. The van der Waals surface area contributed by atoms with Gasteiger partial charge in [0.1, 0.15) is 0 Å². The Morgan fingerprint density at radius 3 is 2.77 bits per heavy atom. The molecule has 0 amide bonds. The summed E-state index contributed by atoms with van der Waals surface area (Å²) >= 11 is 0. The van der Waals surface area contributed by atoms with Crippen LogP contribution in [0.2, 0.25) is 0 Å². The summed E-state index contributed by atoms with van der Waals surface area (Å²) in [6.07, 6.45) is 6.72. The molecule has 2 N–H and O–H groups in total. The zero-order valence-electron chi connectivity index (χ0n) is 8.96. The number of nitrogens with two attached hydrogens (primary N) is 1. The third kappa shape index (κ3) is 4.63. The van der Waals surface area contributed by atoms with Gasteiger partial charge in [0.05, 0.1) is 6.10 Å². The van der Waals surface area contributed by atoms with E-state index in [0.29, 0.717) is 12.1 Å². The summed E-state index contributed by atoms with van der Waals surface area (Å²) in [5, 5.41) is 0. The van der Waals surface area contributed by atoms with Gasteiger partial charge in [-0.3, -0.25) is 0 Å². The number of hydrogen-bond acceptors (Lipinski definition) is 2. The first-order valence-corrected chi connectivity index (χ1v) is 5.55. The van der Waals surface area contributed by atoms with Crippen LogP contribution in [0.15, 0.2) is 0 Å². The summed E-state index contributed by atoms with van der Waals surface area (Å²) in [4.78, 5) is 0. The van der Waals surface area contributed by atoms with Crippen LogP contribution in [-0.4, -0.2) is 18.8 Å². The van der Waals surface area contributed by atoms with Crippen molar-refractivity contribution in [1.82, 2.24) is 0 Å². The molecular formula is C11H23NO. The van der Waals surface area contributed by atoms with Gasteiger partial charge in [-0.1, -0.05) is 6.92 Å². The van der Waals surface area contributed by atoms with Crippen molar-refractivity contribution < 1.29 is 4.74 Å². The van der Waals surface area contributed by atoms with Crippen LogP contribution in [0.4, 0.5) is 0 Å². The molecule has 0 bridgehead atoms. The second-order valence-electron chi connectivity index (χ2n) is 4.53. The van der Waals surface area contributed by atoms with E-state index in [1.807, 2.05) is 0 Å². The Kier molecular flexibility index (Phi) is 4.74. The first-order chi connectivity index (χ1) is 6.18. The van der Waals surface area contributed by atoms with E-state index in [0.717, 1.165) is 18.9 Å². The molecule has 2 nitrogen and oxygen atoms in total. The van der Waals surface area contributed by atoms with Crippen molar-refractivity contribution in [3.05, 3.63) is 0 Å². The first-order valence-electron chi connectivity index (χ1n) is 5.55. The lowest BCUT2D eigenvalue weighted by Gasteiger charge is -2.16. The molecule has 1 saturated heterocycles. The molecule has 0 aromatic carbocycles. The van der Waals surface area contributed by atoms with Crippen LogP contribution in [0.3, 0.4) is 0 Å². The van der Waals surface area contributed by atoms with Crippen LogP contribution in [0, 0.1) is 5.92 Å². The summed E-state index contributed by atoms with van der Waals surface area (Å²) in [6.45, 7) is 5.35. The molecule has 1 fully saturated rings. The normalized spacial score (nSPS) is 27.5. The highest BCUT2D eigenvalue weighted by atomic mass is 16.5. The molecule has 78 valence electrons. The van der Waals surface area contributed by atoms with E-state index in [-0.39, 0.29) is 0 Å². The van der Waals surface area contributed by atoms with E-state index in [9.17, 15) is 0 Å². The highest BCUT2D eigenvalue weighted by Gasteiger charge is 2.16. The molecule has 3 atom stereocenters. The predicted octanol–water partition coefficient (Wildman–Crippen LogP) is 2.32. The Morgan fingerprint density at radius 2 is 2.23 bits per heavy atom. The van der Waals surface area contributed by atoms with Gasteiger partial charge in [0.25, 0.3) is 0 Å². The van der Waals surface area contributed by atoms with Gasteiger partial charge in [0.2, 0.25) is 0 Å². The quantitative estimate of drug-likeness (QED) is 0.713. The lowest BCUT2D eigenvalue weighted by atomic mass is 9.96. The fourth-order valence-corrected chi connectivity index (χ4v) is 2.09. The minimum atomic E-state index is 0.347. The van der Waals surface area contributed by atoms with Gasteiger partial charge in [-0.2, -0.15) is 0 Å². The maximum atomic E-state index is 5.75. The molecule has 1 heterocycles. The molecule has 0 radical (unpaired) electrons. The molecule has 0 saturated carbocycles. The van der Waals surface area contributed by atoms with Crippen molar-refractivity contribution in [1.29, 1.82) is 0 Å². The number of rotatable bonds is 5. The van der Waals surface area contributed by atoms with Crippen molar-refractivity contribution in [3.8, 4) is 0 Å². The first kappa shape index (κ1) is 11.0. The minimum absolute atomic E-state index is 0.347. The molecule has 1 aliphatic heterocycles. The van der Waals surface area contributed by atoms with Crippen LogP contribution in [0.25, 0.3) is 0 Å². The second kappa shape index (κ2) is 5.61. The van der Waals surface area contributed by atoms with Gasteiger partial charge >= 0.3 is 0 Å². The van der Waals surface area contributed by atoms with Crippen molar-refractivity contribution in [3.63, 3.8) is 0 Å². The Hall–Kier alpha value is -0.0800. The molecule has 13 heavy (non-hydrogen) atoms. The lowest BCUT2D eigenvalue weighted by Crippen LogP contribution is -2.19. The lowest BCUT2D eigenvalue weighted by molar-refractivity contribution is 0.0981. The van der Waals surface area contributed by atoms with E-state index in [2.05, 4.69) is 13.8 Å². The SMILES string of the molecule is CC(N)CC(C)CCC1CCCO1. The van der Waals surface area contributed by atoms with Crippen molar-refractivity contribution >= 4 is 0 Å². The van der Waals surface area contributed by atoms with Crippen LogP contribution in [0.5, 0.6) is 0 Å². The zero-order valence-corrected chi connectivity index (χ0v) is 8.96. The van der Waals surface area contributed by atoms with Gasteiger partial charge < -0.3 is 10.5 Å². The Labute approximate surface area is 81.8 Å². The van der Waals surface area contributed by atoms with Gasteiger partial charge in [-0.15, -0.1) is 0 Å². The van der Waals surface area contributed by atoms with E-state index >= 15 is 0 Å². The minimum Gasteiger partial charge on any atom is -0.378 e. The molecule has 0 spiro atoms. The smallest absolute Gasteiger partial charge is 0.0576 e. The fourth-order valence-electron chi connectivity index (χ4n) is 2.09. The Bertz CT molecular complexity index is 130. The Balaban J connectivity index is 2.03. The van der Waals surface area contributed by atoms with E-state index in [4.69, 9.17) is 10.5 Å². The van der Waals surface area contributed by atoms with Gasteiger partial charge in [0, 0.05) is 12.6 Å². The third-order valence-electron chi connectivity index (χ3n) is 2.78. The highest BCUT2D eigenvalue weighted by molar-refractivity contribution is 4.68. The molecule has 2 heteroatoms. The topological polar surface area (TPSA) is 35.2 Å². The Morgan fingerprint density at radius 1 is 1.46 bits per heavy atom. The summed E-state index contributed by atoms with van der Waals surface area (Å²) in [5.41, 5.74) is 5.75. The average Bonchev–Trinajstić information content (AvgIpc) is 2.51. The van der Waals surface area contributed by atoms with Crippen molar-refractivity contribution in [2.24, 2.45) is 11.7 Å². The van der Waals surface area contributed by atoms with Gasteiger partial charge in [0.15, 0.2) is 0 Å². The van der Waals surface area contributed by atoms with E-state index < -0.39 is 0 Å². The molecule has 0 aromatic rings. The van der Waals surface area contributed by atoms with Crippen LogP contribution < -0.4 is 5.73 Å². The standard InChI is InChI=1S/C11H23NO/c1-9(8-10(2)12)5-6-11-4-3-7-13-11/h9-11H,3-8,12H2,1-2H3. The van der Waals surface area contributed by atoms with Crippen molar-refractivity contribution in [2.45, 2.75) is 58.1 Å². The van der Waals surface area contributed by atoms with Crippen LogP contribution in [0.1, 0.15) is 46.0 Å². The van der Waals surface area contributed by atoms with Crippen LogP contribution in [-0.2, 0) is 4.74 Å². The van der Waals surface area contributed by atoms with E-state index in [1.54, 1.807) is 0 Å². The third-order valence-corrected chi connectivity index (χ3v) is 2.78. The molecule has 1 aliphatic rings. The monoisotopic (exact) mass is 185 g/mol. The molecule has 0 aliphatic carbocycles. The molecule has 1 rings (SSSR count). The molecule has 3 unspecified atom stereocenters. The predicted molar refractivity (Wildman–Crippen MR) is 55.6 cm³/mol. The largest absolute Gasteiger partial charge is 0.378 e. The molecular weight excluding hydrogens is 162 g/mol. The fraction of sp³-hybridized carbons (Fsp3) is 1.00. The maximum Gasteiger partial charge on any atom is 0.0576 e. The van der Waals surface area contributed by atoms with Gasteiger partial charge in [-0.05, 0) is 44.9 Å². The zero-order chi connectivity index (χ0) is 9.68. The van der Waals surface area contributed by atoms with Crippen LogP contribution >= 0.6 is 0 Å². The summed E-state index contributed by atoms with van der Waals surface area (Å²) < 4.78 is 5.58. The maximum absolute atomic E-state index is 5.75. The van der Waals surface area contributed by atoms with E-state index in [1.165, 1.54) is 25.7 Å². The van der Waals surface area contributed by atoms with Gasteiger partial charge in [-0.25, -0.2) is 0 Å². The van der Waals surface area contributed by atoms with Crippen molar-refractivity contribution in [2.75, 3.05) is 6.61 Å². The summed E-state index contributed by atoms with van der Waals surface area (Å²) in [7, 11) is 0. The highest BCUT2D eigenvalue weighted by Crippen LogP contribution is 2.21. The number of hydrogen-bond donors (Lipinski definition) is 1. The summed E-state index contributed by atoms with van der Waals surface area (Å²) in [5.74, 6) is 0.754.